The second-order valence-corrected chi connectivity index (χ2v) is 5.53. The Morgan fingerprint density at radius 3 is 2.55 bits per heavy atom. The minimum Gasteiger partial charge on any atom is -0.388 e. The van der Waals surface area contributed by atoms with Crippen molar-refractivity contribution in [2.75, 3.05) is 0 Å². The Balaban J connectivity index is 2.64. The Bertz CT molecular complexity index is 443. The van der Waals surface area contributed by atoms with Crippen molar-refractivity contribution in [2.24, 2.45) is 0 Å². The molecule has 0 bridgehead atoms. The van der Waals surface area contributed by atoms with Crippen LogP contribution in [0.3, 0.4) is 0 Å². The van der Waals surface area contributed by atoms with Gasteiger partial charge in [0.25, 0.3) is 0 Å². The molecule has 1 aromatic rings. The normalized spacial score (nSPS) is 13.2. The molecule has 0 saturated carbocycles. The Labute approximate surface area is 125 Å². The fraction of sp³-hybridized carbons (Fsp3) is 0.467. The molecule has 0 aliphatic heterocycles. The van der Waals surface area contributed by atoms with Gasteiger partial charge in [0.05, 0.1) is 11.7 Å². The fourth-order valence-electron chi connectivity index (χ4n) is 1.94. The van der Waals surface area contributed by atoms with E-state index in [0.717, 1.165) is 31.7 Å². The molecular weight excluding hydrogens is 333 g/mol. The summed E-state index contributed by atoms with van der Waals surface area (Å²) in [5.74, 6) is 0. The summed E-state index contributed by atoms with van der Waals surface area (Å²) in [4.78, 5) is 0. The zero-order valence-electron chi connectivity index (χ0n) is 11.1. The van der Waals surface area contributed by atoms with Crippen LogP contribution in [0.1, 0.15) is 49.3 Å². The number of halogens is 4. The highest BCUT2D eigenvalue weighted by Gasteiger charge is 2.33. The van der Waals surface area contributed by atoms with E-state index in [1.807, 2.05) is 6.08 Å². The summed E-state index contributed by atoms with van der Waals surface area (Å²) in [5, 5.41) is 9.96. The monoisotopic (exact) mass is 350 g/mol. The molecule has 0 aliphatic carbocycles. The molecule has 0 saturated heterocycles. The van der Waals surface area contributed by atoms with Crippen LogP contribution in [0.5, 0.6) is 0 Å². The van der Waals surface area contributed by atoms with Crippen LogP contribution in [0.2, 0.25) is 0 Å². The lowest BCUT2D eigenvalue weighted by Gasteiger charge is -2.15. The van der Waals surface area contributed by atoms with Gasteiger partial charge >= 0.3 is 6.18 Å². The summed E-state index contributed by atoms with van der Waals surface area (Å²) in [5.41, 5.74) is -0.440. The molecule has 0 amide bonds. The molecule has 20 heavy (non-hydrogen) atoms. The number of alkyl halides is 3. The SMILES string of the molecule is C=CCCCCCC(O)c1ccc(Br)c(C(F)(F)F)c1. The fourth-order valence-corrected chi connectivity index (χ4v) is 2.41. The van der Waals surface area contributed by atoms with Crippen LogP contribution in [0.4, 0.5) is 13.2 Å². The molecule has 5 heteroatoms. The topological polar surface area (TPSA) is 20.2 Å². The van der Waals surface area contributed by atoms with E-state index in [1.165, 1.54) is 12.1 Å². The molecule has 1 rings (SSSR count). The van der Waals surface area contributed by atoms with Crippen LogP contribution in [-0.2, 0) is 6.18 Å². The minimum absolute atomic E-state index is 0.00747. The largest absolute Gasteiger partial charge is 0.417 e. The van der Waals surface area contributed by atoms with E-state index in [0.29, 0.717) is 12.0 Å². The van der Waals surface area contributed by atoms with Crippen molar-refractivity contribution in [3.05, 3.63) is 46.5 Å². The van der Waals surface area contributed by atoms with Crippen molar-refractivity contribution < 1.29 is 18.3 Å². The highest BCUT2D eigenvalue weighted by Crippen LogP contribution is 2.36. The standard InChI is InChI=1S/C15H18BrF3O/c1-2-3-4-5-6-7-14(20)11-8-9-13(16)12(10-11)15(17,18)19/h2,8-10,14,20H,1,3-7H2. The highest BCUT2D eigenvalue weighted by atomic mass is 79.9. The first-order valence-electron chi connectivity index (χ1n) is 6.52. The number of rotatable bonds is 7. The summed E-state index contributed by atoms with van der Waals surface area (Å²) in [6.07, 6.45) is 0.665. The third-order valence-corrected chi connectivity index (χ3v) is 3.76. The second kappa shape index (κ2) is 7.84. The van der Waals surface area contributed by atoms with Crippen molar-refractivity contribution >= 4 is 15.9 Å². The Hall–Kier alpha value is -0.810. The maximum Gasteiger partial charge on any atom is 0.417 e. The number of hydrogen-bond acceptors (Lipinski definition) is 1. The summed E-state index contributed by atoms with van der Waals surface area (Å²) >= 11 is 2.89. The number of benzene rings is 1. The van der Waals surface area contributed by atoms with Gasteiger partial charge in [-0.2, -0.15) is 13.2 Å². The number of unbranched alkanes of at least 4 members (excludes halogenated alkanes) is 3. The van der Waals surface area contributed by atoms with Crippen LogP contribution in [-0.4, -0.2) is 5.11 Å². The maximum atomic E-state index is 12.8. The Morgan fingerprint density at radius 1 is 1.25 bits per heavy atom. The zero-order valence-corrected chi connectivity index (χ0v) is 12.7. The number of allylic oxidation sites excluding steroid dienone is 1. The first-order valence-corrected chi connectivity index (χ1v) is 7.31. The van der Waals surface area contributed by atoms with Crippen LogP contribution >= 0.6 is 15.9 Å². The zero-order chi connectivity index (χ0) is 15.2. The van der Waals surface area contributed by atoms with E-state index in [1.54, 1.807) is 0 Å². The van der Waals surface area contributed by atoms with Gasteiger partial charge in [-0.25, -0.2) is 0 Å². The molecule has 112 valence electrons. The van der Waals surface area contributed by atoms with E-state index in [-0.39, 0.29) is 4.47 Å². The van der Waals surface area contributed by atoms with E-state index in [4.69, 9.17) is 0 Å². The van der Waals surface area contributed by atoms with Gasteiger partial charge in [0.15, 0.2) is 0 Å². The molecule has 0 spiro atoms. The summed E-state index contributed by atoms with van der Waals surface area (Å²) in [6.45, 7) is 3.62. The van der Waals surface area contributed by atoms with Crippen molar-refractivity contribution in [1.82, 2.24) is 0 Å². The van der Waals surface area contributed by atoms with Crippen molar-refractivity contribution in [3.8, 4) is 0 Å². The third-order valence-electron chi connectivity index (χ3n) is 3.07. The van der Waals surface area contributed by atoms with Gasteiger partial charge in [0.2, 0.25) is 0 Å². The van der Waals surface area contributed by atoms with E-state index >= 15 is 0 Å². The van der Waals surface area contributed by atoms with Crippen molar-refractivity contribution in [2.45, 2.75) is 44.4 Å². The lowest BCUT2D eigenvalue weighted by Crippen LogP contribution is -2.08. The Kier molecular flexibility index (Phi) is 6.76. The molecule has 1 atom stereocenters. The van der Waals surface area contributed by atoms with Gasteiger partial charge in [-0.05, 0) is 37.0 Å². The van der Waals surface area contributed by atoms with Crippen LogP contribution < -0.4 is 0 Å². The summed E-state index contributed by atoms with van der Waals surface area (Å²) < 4.78 is 38.3. The van der Waals surface area contributed by atoms with Gasteiger partial charge < -0.3 is 5.11 Å². The van der Waals surface area contributed by atoms with Gasteiger partial charge in [-0.1, -0.05) is 40.9 Å². The maximum absolute atomic E-state index is 12.8. The minimum atomic E-state index is -4.42. The van der Waals surface area contributed by atoms with Crippen LogP contribution in [0.15, 0.2) is 35.3 Å². The Morgan fingerprint density at radius 2 is 1.95 bits per heavy atom. The molecule has 0 radical (unpaired) electrons. The molecule has 1 aromatic carbocycles. The first kappa shape index (κ1) is 17.2. The van der Waals surface area contributed by atoms with Crippen LogP contribution in [0, 0.1) is 0 Å². The molecule has 1 nitrogen and oxygen atoms in total. The lowest BCUT2D eigenvalue weighted by molar-refractivity contribution is -0.138. The smallest absolute Gasteiger partial charge is 0.388 e. The number of hydrogen-bond donors (Lipinski definition) is 1. The second-order valence-electron chi connectivity index (χ2n) is 4.68. The molecule has 0 heterocycles. The summed E-state index contributed by atoms with van der Waals surface area (Å²) in [7, 11) is 0. The number of aliphatic hydroxyl groups is 1. The first-order chi connectivity index (χ1) is 9.36. The van der Waals surface area contributed by atoms with E-state index < -0.39 is 17.8 Å². The molecular formula is C15H18BrF3O. The van der Waals surface area contributed by atoms with Gasteiger partial charge in [0, 0.05) is 4.47 Å². The quantitative estimate of drug-likeness (QED) is 0.498. The van der Waals surface area contributed by atoms with Crippen molar-refractivity contribution in [3.63, 3.8) is 0 Å². The van der Waals surface area contributed by atoms with Gasteiger partial charge in [0.1, 0.15) is 0 Å². The number of aliphatic hydroxyl groups excluding tert-OH is 1. The molecule has 0 aliphatic rings. The van der Waals surface area contributed by atoms with E-state index in [2.05, 4.69) is 22.5 Å². The molecule has 1 N–H and O–H groups in total. The van der Waals surface area contributed by atoms with Crippen LogP contribution in [0.25, 0.3) is 0 Å². The average Bonchev–Trinajstić information content (AvgIpc) is 2.37. The van der Waals surface area contributed by atoms with E-state index in [9.17, 15) is 18.3 Å². The predicted octanol–water partition coefficient (Wildman–Crippen LogP) is 5.64. The predicted molar refractivity (Wildman–Crippen MR) is 77.4 cm³/mol. The summed E-state index contributed by atoms with van der Waals surface area (Å²) in [6, 6.07) is 3.87. The molecule has 1 unspecified atom stereocenters. The van der Waals surface area contributed by atoms with Gasteiger partial charge in [-0.15, -0.1) is 6.58 Å². The molecule has 0 fully saturated rings. The highest BCUT2D eigenvalue weighted by molar-refractivity contribution is 9.10. The lowest BCUT2D eigenvalue weighted by atomic mass is 10.0. The average molecular weight is 351 g/mol. The third kappa shape index (κ3) is 5.29. The molecule has 0 aromatic heterocycles. The van der Waals surface area contributed by atoms with Crippen molar-refractivity contribution in [1.29, 1.82) is 0 Å². The van der Waals surface area contributed by atoms with Gasteiger partial charge in [-0.3, -0.25) is 0 Å².